The van der Waals surface area contributed by atoms with Gasteiger partial charge in [0.25, 0.3) is 5.69 Å². The summed E-state index contributed by atoms with van der Waals surface area (Å²) in [7, 11) is 0. The average molecular weight is 347 g/mol. The van der Waals surface area contributed by atoms with Crippen molar-refractivity contribution >= 4 is 40.5 Å². The second-order valence-corrected chi connectivity index (χ2v) is 6.18. The zero-order valence-corrected chi connectivity index (χ0v) is 13.5. The number of esters is 1. The summed E-state index contributed by atoms with van der Waals surface area (Å²) in [6, 6.07) is 2.80. The van der Waals surface area contributed by atoms with Crippen LogP contribution in [0.4, 0.5) is 11.4 Å². The first-order valence-electron chi connectivity index (χ1n) is 6.90. The van der Waals surface area contributed by atoms with Crippen molar-refractivity contribution in [2.75, 3.05) is 11.9 Å². The van der Waals surface area contributed by atoms with Gasteiger partial charge in [-0.25, -0.2) is 0 Å². The Kier molecular flexibility index (Phi) is 5.47. The number of nitro groups is 1. The molecule has 22 heavy (non-hydrogen) atoms. The van der Waals surface area contributed by atoms with Crippen molar-refractivity contribution in [3.63, 3.8) is 0 Å². The molecule has 8 heteroatoms. The number of carbonyl (C=O) groups excluding carboxylic acids is 1. The molecular weight excluding hydrogens is 331 g/mol. The molecule has 1 aliphatic rings. The maximum absolute atomic E-state index is 11.1. The van der Waals surface area contributed by atoms with E-state index < -0.39 is 4.92 Å². The molecule has 1 aliphatic carbocycles. The first-order chi connectivity index (χ1) is 10.4. The maximum atomic E-state index is 11.1. The molecule has 120 valence electrons. The minimum absolute atomic E-state index is 0.0801. The Morgan fingerprint density at radius 3 is 2.73 bits per heavy atom. The number of halogens is 2. The first-order valence-corrected chi connectivity index (χ1v) is 7.65. The predicted molar refractivity (Wildman–Crippen MR) is 84.5 cm³/mol. The Bertz CT molecular complexity index is 594. The van der Waals surface area contributed by atoms with Gasteiger partial charge in [0.2, 0.25) is 0 Å². The molecule has 1 N–H and O–H groups in total. The van der Waals surface area contributed by atoms with Crippen LogP contribution in [0.15, 0.2) is 12.1 Å². The van der Waals surface area contributed by atoms with E-state index in [9.17, 15) is 14.9 Å². The lowest BCUT2D eigenvalue weighted by Crippen LogP contribution is -2.18. The SMILES string of the molecule is CC(=O)OC[C@H]1CC[C@H](Nc2cc(Cl)c(Cl)cc2[N+](=O)[O-])C1. The summed E-state index contributed by atoms with van der Waals surface area (Å²) < 4.78 is 5.01. The van der Waals surface area contributed by atoms with E-state index in [0.29, 0.717) is 12.3 Å². The van der Waals surface area contributed by atoms with Crippen LogP contribution in [0.5, 0.6) is 0 Å². The van der Waals surface area contributed by atoms with Crippen molar-refractivity contribution < 1.29 is 14.5 Å². The zero-order valence-electron chi connectivity index (χ0n) is 12.0. The van der Waals surface area contributed by atoms with E-state index in [-0.39, 0.29) is 33.7 Å². The molecule has 0 unspecified atom stereocenters. The third-order valence-corrected chi connectivity index (χ3v) is 4.38. The molecule has 0 spiro atoms. The normalized spacial score (nSPS) is 20.7. The van der Waals surface area contributed by atoms with Crippen molar-refractivity contribution in [1.29, 1.82) is 0 Å². The van der Waals surface area contributed by atoms with Crippen molar-refractivity contribution in [2.45, 2.75) is 32.2 Å². The van der Waals surface area contributed by atoms with E-state index in [1.165, 1.54) is 19.1 Å². The van der Waals surface area contributed by atoms with E-state index >= 15 is 0 Å². The molecule has 0 bridgehead atoms. The van der Waals surface area contributed by atoms with Crippen molar-refractivity contribution in [1.82, 2.24) is 0 Å². The van der Waals surface area contributed by atoms with Crippen molar-refractivity contribution in [2.24, 2.45) is 5.92 Å². The Morgan fingerprint density at radius 2 is 2.09 bits per heavy atom. The van der Waals surface area contributed by atoms with Gasteiger partial charge in [-0.05, 0) is 31.2 Å². The number of hydrogen-bond donors (Lipinski definition) is 1. The third-order valence-electron chi connectivity index (χ3n) is 3.66. The second-order valence-electron chi connectivity index (χ2n) is 5.36. The molecule has 0 amide bonds. The van der Waals surface area contributed by atoms with Gasteiger partial charge in [-0.15, -0.1) is 0 Å². The maximum Gasteiger partial charge on any atom is 0.302 e. The molecule has 0 aromatic heterocycles. The molecule has 0 saturated heterocycles. The molecule has 2 rings (SSSR count). The molecule has 0 heterocycles. The van der Waals surface area contributed by atoms with Crippen molar-refractivity contribution in [3.8, 4) is 0 Å². The number of nitrogens with one attached hydrogen (secondary N) is 1. The van der Waals surface area contributed by atoms with Crippen LogP contribution in [0.2, 0.25) is 10.0 Å². The summed E-state index contributed by atoms with van der Waals surface area (Å²) >= 11 is 11.8. The summed E-state index contributed by atoms with van der Waals surface area (Å²) in [5.41, 5.74) is 0.260. The number of hydrogen-bond acceptors (Lipinski definition) is 5. The van der Waals surface area contributed by atoms with Gasteiger partial charge < -0.3 is 10.1 Å². The number of nitrogens with zero attached hydrogens (tertiary/aromatic N) is 1. The van der Waals surface area contributed by atoms with E-state index in [2.05, 4.69) is 5.32 Å². The van der Waals surface area contributed by atoms with Gasteiger partial charge in [-0.2, -0.15) is 0 Å². The quantitative estimate of drug-likeness (QED) is 0.494. The summed E-state index contributed by atoms with van der Waals surface area (Å²) in [5.74, 6) is -0.0280. The Hall–Kier alpha value is -1.53. The molecule has 0 radical (unpaired) electrons. The highest BCUT2D eigenvalue weighted by molar-refractivity contribution is 6.42. The molecular formula is C14H16Cl2N2O4. The lowest BCUT2D eigenvalue weighted by atomic mass is 10.1. The molecule has 6 nitrogen and oxygen atoms in total. The van der Waals surface area contributed by atoms with Crippen LogP contribution in [-0.2, 0) is 9.53 Å². The smallest absolute Gasteiger partial charge is 0.302 e. The highest BCUT2D eigenvalue weighted by Gasteiger charge is 2.27. The predicted octanol–water partition coefficient (Wildman–Crippen LogP) is 4.05. The second kappa shape index (κ2) is 7.15. The van der Waals surface area contributed by atoms with Gasteiger partial charge in [0.15, 0.2) is 0 Å². The summed E-state index contributed by atoms with van der Waals surface area (Å²) in [6.07, 6.45) is 2.54. The number of nitro benzene ring substituents is 1. The van der Waals surface area contributed by atoms with E-state index in [4.69, 9.17) is 27.9 Å². The van der Waals surface area contributed by atoms with Gasteiger partial charge in [0.1, 0.15) is 5.69 Å². The number of benzene rings is 1. The Labute approximate surface area is 137 Å². The molecule has 1 aromatic rings. The number of carbonyl (C=O) groups is 1. The fraction of sp³-hybridized carbons (Fsp3) is 0.500. The van der Waals surface area contributed by atoms with Crippen LogP contribution >= 0.6 is 23.2 Å². The largest absolute Gasteiger partial charge is 0.466 e. The van der Waals surface area contributed by atoms with Crippen LogP contribution < -0.4 is 5.32 Å². The lowest BCUT2D eigenvalue weighted by Gasteiger charge is -2.15. The van der Waals surface area contributed by atoms with E-state index in [1.54, 1.807) is 0 Å². The third kappa shape index (κ3) is 4.24. The number of ether oxygens (including phenoxy) is 1. The number of rotatable bonds is 5. The summed E-state index contributed by atoms with van der Waals surface area (Å²) in [6.45, 7) is 1.76. The van der Waals surface area contributed by atoms with Crippen molar-refractivity contribution in [3.05, 3.63) is 32.3 Å². The molecule has 1 saturated carbocycles. The summed E-state index contributed by atoms with van der Waals surface area (Å²) in [4.78, 5) is 21.4. The van der Waals surface area contributed by atoms with Crippen LogP contribution in [0.3, 0.4) is 0 Å². The Balaban J connectivity index is 2.04. The fourth-order valence-electron chi connectivity index (χ4n) is 2.62. The molecule has 2 atom stereocenters. The average Bonchev–Trinajstić information content (AvgIpc) is 2.87. The van der Waals surface area contributed by atoms with Gasteiger partial charge in [-0.3, -0.25) is 14.9 Å². The minimum Gasteiger partial charge on any atom is -0.466 e. The Morgan fingerprint density at radius 1 is 1.41 bits per heavy atom. The standard InChI is InChI=1S/C14H16Cl2N2O4/c1-8(19)22-7-9-2-3-10(4-9)17-13-5-11(15)12(16)6-14(13)18(20)21/h5-6,9-10,17H,2-4,7H2,1H3/t9-,10-/m0/s1. The van der Waals surface area contributed by atoms with Gasteiger partial charge in [0.05, 0.1) is 21.6 Å². The summed E-state index contributed by atoms with van der Waals surface area (Å²) in [5, 5.41) is 14.7. The van der Waals surface area contributed by atoms with E-state index in [0.717, 1.165) is 19.3 Å². The van der Waals surface area contributed by atoms with Crippen LogP contribution in [-0.4, -0.2) is 23.5 Å². The van der Waals surface area contributed by atoms with Crippen LogP contribution in [0.25, 0.3) is 0 Å². The molecule has 1 aromatic carbocycles. The topological polar surface area (TPSA) is 81.5 Å². The lowest BCUT2D eigenvalue weighted by molar-refractivity contribution is -0.384. The van der Waals surface area contributed by atoms with Gasteiger partial charge in [0, 0.05) is 19.0 Å². The first kappa shape index (κ1) is 16.8. The molecule has 1 fully saturated rings. The van der Waals surface area contributed by atoms with Gasteiger partial charge in [-0.1, -0.05) is 23.2 Å². The highest BCUT2D eigenvalue weighted by Crippen LogP contribution is 2.36. The van der Waals surface area contributed by atoms with Crippen LogP contribution in [0.1, 0.15) is 26.2 Å². The van der Waals surface area contributed by atoms with E-state index in [1.807, 2.05) is 0 Å². The van der Waals surface area contributed by atoms with Crippen LogP contribution in [0, 0.1) is 16.0 Å². The minimum atomic E-state index is -0.490. The molecule has 0 aliphatic heterocycles. The fourth-order valence-corrected chi connectivity index (χ4v) is 2.94. The van der Waals surface area contributed by atoms with Gasteiger partial charge >= 0.3 is 5.97 Å². The highest BCUT2D eigenvalue weighted by atomic mass is 35.5. The number of anilines is 1. The monoisotopic (exact) mass is 346 g/mol. The zero-order chi connectivity index (χ0) is 16.3.